The molecule has 2 N–H and O–H groups in total. The summed E-state index contributed by atoms with van der Waals surface area (Å²) in [7, 11) is 0. The number of rotatable bonds is 9. The van der Waals surface area contributed by atoms with E-state index in [4.69, 9.17) is 14.2 Å². The molecule has 164 valence electrons. The Labute approximate surface area is 177 Å². The van der Waals surface area contributed by atoms with E-state index >= 15 is 0 Å². The van der Waals surface area contributed by atoms with E-state index < -0.39 is 11.9 Å². The molecule has 0 radical (unpaired) electrons. The highest BCUT2D eigenvalue weighted by Crippen LogP contribution is 2.27. The van der Waals surface area contributed by atoms with Crippen LogP contribution in [0, 0.1) is 6.92 Å². The van der Waals surface area contributed by atoms with Crippen LogP contribution in [0.25, 0.3) is 0 Å². The van der Waals surface area contributed by atoms with Gasteiger partial charge in [-0.25, -0.2) is 19.5 Å². The maximum Gasteiger partial charge on any atom is 0.355 e. The fraction of sp³-hybridized carbons (Fsp3) is 0.579. The van der Waals surface area contributed by atoms with Gasteiger partial charge < -0.3 is 19.2 Å². The van der Waals surface area contributed by atoms with E-state index in [0.29, 0.717) is 35.1 Å². The SMILES string of the molecule is CCOC(=O)c1[nH]c(CSc2n[nH]c(=O)n2CC2CCCO2)c(C(=O)OCC)c1C. The summed E-state index contributed by atoms with van der Waals surface area (Å²) in [4.78, 5) is 39.9. The van der Waals surface area contributed by atoms with E-state index in [2.05, 4.69) is 15.2 Å². The molecular formula is C19H26N4O6S. The van der Waals surface area contributed by atoms with Gasteiger partial charge >= 0.3 is 17.6 Å². The Morgan fingerprint density at radius 2 is 2.00 bits per heavy atom. The molecule has 1 atom stereocenters. The zero-order valence-corrected chi connectivity index (χ0v) is 18.1. The van der Waals surface area contributed by atoms with Crippen LogP contribution in [-0.2, 0) is 26.5 Å². The minimum Gasteiger partial charge on any atom is -0.462 e. The molecule has 1 fully saturated rings. The highest BCUT2D eigenvalue weighted by molar-refractivity contribution is 7.98. The summed E-state index contributed by atoms with van der Waals surface area (Å²) in [5, 5.41) is 7.03. The second kappa shape index (κ2) is 9.98. The Bertz CT molecular complexity index is 957. The average molecular weight is 439 g/mol. The van der Waals surface area contributed by atoms with Gasteiger partial charge in [0.2, 0.25) is 0 Å². The van der Waals surface area contributed by atoms with Crippen molar-refractivity contribution in [2.45, 2.75) is 57.2 Å². The normalized spacial score (nSPS) is 16.0. The number of carbonyl (C=O) groups is 2. The zero-order chi connectivity index (χ0) is 21.7. The highest BCUT2D eigenvalue weighted by atomic mass is 32.2. The van der Waals surface area contributed by atoms with Crippen molar-refractivity contribution < 1.29 is 23.8 Å². The van der Waals surface area contributed by atoms with Gasteiger partial charge in [-0.3, -0.25) is 4.57 Å². The van der Waals surface area contributed by atoms with Gasteiger partial charge in [-0.1, -0.05) is 11.8 Å². The van der Waals surface area contributed by atoms with Gasteiger partial charge in [0.15, 0.2) is 5.16 Å². The van der Waals surface area contributed by atoms with Gasteiger partial charge in [-0.15, -0.1) is 5.10 Å². The molecule has 11 heteroatoms. The lowest BCUT2D eigenvalue weighted by atomic mass is 10.1. The molecule has 0 aromatic carbocycles. The van der Waals surface area contributed by atoms with Gasteiger partial charge in [-0.05, 0) is 39.2 Å². The monoisotopic (exact) mass is 438 g/mol. The second-order valence-corrected chi connectivity index (χ2v) is 7.71. The molecule has 0 aliphatic carbocycles. The van der Waals surface area contributed by atoms with E-state index in [1.165, 1.54) is 16.3 Å². The third-order valence-corrected chi connectivity index (χ3v) is 5.77. The van der Waals surface area contributed by atoms with Crippen LogP contribution >= 0.6 is 11.8 Å². The number of carbonyl (C=O) groups excluding carboxylic acids is 2. The van der Waals surface area contributed by atoms with Gasteiger partial charge in [-0.2, -0.15) is 0 Å². The second-order valence-electron chi connectivity index (χ2n) is 6.77. The number of hydrogen-bond acceptors (Lipinski definition) is 8. The third-order valence-electron chi connectivity index (χ3n) is 4.77. The number of hydrogen-bond donors (Lipinski definition) is 2. The summed E-state index contributed by atoms with van der Waals surface area (Å²) >= 11 is 1.28. The molecular weight excluding hydrogens is 412 g/mol. The maximum atomic E-state index is 12.5. The molecule has 10 nitrogen and oxygen atoms in total. The molecule has 2 aromatic heterocycles. The van der Waals surface area contributed by atoms with Crippen molar-refractivity contribution in [3.8, 4) is 0 Å². The van der Waals surface area contributed by atoms with E-state index in [1.54, 1.807) is 20.8 Å². The molecule has 1 saturated heterocycles. The van der Waals surface area contributed by atoms with Crippen LogP contribution in [0.2, 0.25) is 0 Å². The lowest BCUT2D eigenvalue weighted by Crippen LogP contribution is -2.25. The summed E-state index contributed by atoms with van der Waals surface area (Å²) in [5.41, 5.74) is 1.19. The Kier molecular flexibility index (Phi) is 7.38. The van der Waals surface area contributed by atoms with Gasteiger partial charge in [0.1, 0.15) is 5.69 Å². The molecule has 3 rings (SSSR count). The van der Waals surface area contributed by atoms with Crippen LogP contribution < -0.4 is 5.69 Å². The summed E-state index contributed by atoms with van der Waals surface area (Å²) in [6.45, 7) is 6.65. The molecule has 1 unspecified atom stereocenters. The minimum absolute atomic E-state index is 0.0158. The van der Waals surface area contributed by atoms with Gasteiger partial charge in [0.25, 0.3) is 0 Å². The Morgan fingerprint density at radius 1 is 1.27 bits per heavy atom. The van der Waals surface area contributed by atoms with Crippen LogP contribution in [0.4, 0.5) is 0 Å². The Balaban J connectivity index is 1.84. The number of esters is 2. The van der Waals surface area contributed by atoms with Crippen LogP contribution in [0.1, 0.15) is 58.8 Å². The first kappa shape index (κ1) is 22.2. The number of nitrogens with one attached hydrogen (secondary N) is 2. The lowest BCUT2D eigenvalue weighted by molar-refractivity contribution is 0.0518. The van der Waals surface area contributed by atoms with Crippen LogP contribution in [-0.4, -0.2) is 57.6 Å². The van der Waals surface area contributed by atoms with Crippen LogP contribution in [0.15, 0.2) is 9.95 Å². The number of ether oxygens (including phenoxy) is 3. The smallest absolute Gasteiger partial charge is 0.355 e. The fourth-order valence-corrected chi connectivity index (χ4v) is 4.27. The van der Waals surface area contributed by atoms with Crippen molar-refractivity contribution in [1.82, 2.24) is 19.7 Å². The Hall–Kier alpha value is -2.53. The quantitative estimate of drug-likeness (QED) is 0.450. The first-order valence-electron chi connectivity index (χ1n) is 9.91. The topological polar surface area (TPSA) is 128 Å². The van der Waals surface area contributed by atoms with Crippen molar-refractivity contribution in [2.24, 2.45) is 0 Å². The number of nitrogens with zero attached hydrogens (tertiary/aromatic N) is 2. The first-order chi connectivity index (χ1) is 14.5. The van der Waals surface area contributed by atoms with Crippen LogP contribution in [0.3, 0.4) is 0 Å². The molecule has 3 heterocycles. The lowest BCUT2D eigenvalue weighted by Gasteiger charge is -2.11. The van der Waals surface area contributed by atoms with Crippen molar-refractivity contribution in [1.29, 1.82) is 0 Å². The summed E-state index contributed by atoms with van der Waals surface area (Å²) in [5.74, 6) is -0.771. The number of thioether (sulfide) groups is 1. The summed E-state index contributed by atoms with van der Waals surface area (Å²) < 4.78 is 17.4. The molecule has 0 amide bonds. The van der Waals surface area contributed by atoms with Crippen molar-refractivity contribution >= 4 is 23.7 Å². The molecule has 1 aliphatic heterocycles. The predicted molar refractivity (Wildman–Crippen MR) is 109 cm³/mol. The average Bonchev–Trinajstić information content (AvgIpc) is 3.42. The molecule has 2 aromatic rings. The largest absolute Gasteiger partial charge is 0.462 e. The van der Waals surface area contributed by atoms with Gasteiger partial charge in [0, 0.05) is 18.1 Å². The van der Waals surface area contributed by atoms with E-state index in [1.807, 2.05) is 0 Å². The van der Waals surface area contributed by atoms with Crippen molar-refractivity contribution in [3.63, 3.8) is 0 Å². The zero-order valence-electron chi connectivity index (χ0n) is 17.3. The molecule has 0 bridgehead atoms. The number of aromatic amines is 2. The highest BCUT2D eigenvalue weighted by Gasteiger charge is 2.26. The summed E-state index contributed by atoms with van der Waals surface area (Å²) in [6.07, 6.45) is 1.85. The van der Waals surface area contributed by atoms with E-state index in [9.17, 15) is 14.4 Å². The third kappa shape index (κ3) is 4.78. The predicted octanol–water partition coefficient (Wildman–Crippen LogP) is 2.03. The Morgan fingerprint density at radius 3 is 2.67 bits per heavy atom. The van der Waals surface area contributed by atoms with Crippen molar-refractivity contribution in [2.75, 3.05) is 19.8 Å². The molecule has 0 spiro atoms. The first-order valence-corrected chi connectivity index (χ1v) is 10.9. The molecule has 30 heavy (non-hydrogen) atoms. The van der Waals surface area contributed by atoms with Gasteiger partial charge in [0.05, 0.1) is 31.4 Å². The minimum atomic E-state index is -0.535. The van der Waals surface area contributed by atoms with E-state index in [0.717, 1.165) is 12.8 Å². The maximum absolute atomic E-state index is 12.5. The van der Waals surface area contributed by atoms with Crippen molar-refractivity contribution in [3.05, 3.63) is 33.0 Å². The fourth-order valence-electron chi connectivity index (χ4n) is 3.36. The van der Waals surface area contributed by atoms with E-state index in [-0.39, 0.29) is 36.5 Å². The number of H-pyrrole nitrogens is 2. The standard InChI is InChI=1S/C19H26N4O6S/c1-4-27-16(24)14-11(3)15(17(25)28-5-2)20-13(14)10-30-19-22-21-18(26)23(19)9-12-7-6-8-29-12/h12,20H,4-10H2,1-3H3,(H,21,26). The number of aromatic nitrogens is 4. The molecule has 0 saturated carbocycles. The molecule has 1 aliphatic rings. The van der Waals surface area contributed by atoms with Crippen LogP contribution in [0.5, 0.6) is 0 Å². The summed E-state index contributed by atoms with van der Waals surface area (Å²) in [6, 6.07) is 0.